The van der Waals surface area contributed by atoms with Crippen molar-refractivity contribution < 1.29 is 24.2 Å². The lowest BCUT2D eigenvalue weighted by Crippen LogP contribution is -2.28. The monoisotopic (exact) mass is 762 g/mol. The van der Waals surface area contributed by atoms with Crippen molar-refractivity contribution in [2.75, 3.05) is 6.54 Å². The number of hydrogen-bond acceptors (Lipinski definition) is 4. The minimum Gasteiger partial charge on any atom is -0.480 e. The van der Waals surface area contributed by atoms with Crippen LogP contribution in [-0.2, 0) is 19.1 Å². The Kier molecular flexibility index (Phi) is 40.2. The van der Waals surface area contributed by atoms with E-state index in [1.54, 1.807) is 0 Å². The van der Waals surface area contributed by atoms with Crippen molar-refractivity contribution in [2.45, 2.75) is 187 Å². The van der Waals surface area contributed by atoms with Crippen LogP contribution < -0.4 is 5.32 Å². The molecule has 0 fully saturated rings. The number of carbonyl (C=O) groups excluding carboxylic acids is 2. The number of hydrogen-bond donors (Lipinski definition) is 2. The molecule has 0 aromatic heterocycles. The predicted molar refractivity (Wildman–Crippen MR) is 235 cm³/mol. The number of nitrogens with one attached hydrogen (secondary N) is 1. The summed E-state index contributed by atoms with van der Waals surface area (Å²) in [7, 11) is 0. The Bertz CT molecular complexity index is 1160. The number of aliphatic carboxylic acids is 1. The van der Waals surface area contributed by atoms with Gasteiger partial charge in [-0.25, -0.2) is 0 Å². The molecule has 1 amide bonds. The first-order valence-corrected chi connectivity index (χ1v) is 21.9. The molecule has 0 aromatic carbocycles. The van der Waals surface area contributed by atoms with E-state index in [0.717, 1.165) is 109 Å². The fraction of sp³-hybridized carbons (Fsp3) is 0.612. The lowest BCUT2D eigenvalue weighted by molar-refractivity contribution is -0.147. The first-order valence-electron chi connectivity index (χ1n) is 21.9. The molecule has 0 aliphatic heterocycles. The number of esters is 1. The van der Waals surface area contributed by atoms with E-state index in [1.807, 2.05) is 0 Å². The Labute approximate surface area is 337 Å². The fourth-order valence-corrected chi connectivity index (χ4v) is 5.77. The number of carbonyl (C=O) groups is 3. The van der Waals surface area contributed by atoms with Gasteiger partial charge in [0.05, 0.1) is 0 Å². The number of carboxylic acids is 1. The minimum absolute atomic E-state index is 0.114. The molecular weight excluding hydrogens is 683 g/mol. The summed E-state index contributed by atoms with van der Waals surface area (Å²) in [6, 6.07) is 0. The smallest absolute Gasteiger partial charge is 0.322 e. The van der Waals surface area contributed by atoms with E-state index in [-0.39, 0.29) is 24.5 Å². The zero-order valence-electron chi connectivity index (χ0n) is 35.0. The molecule has 310 valence electrons. The first-order chi connectivity index (χ1) is 27.0. The second-order valence-corrected chi connectivity index (χ2v) is 14.2. The van der Waals surface area contributed by atoms with Crippen molar-refractivity contribution in [3.8, 4) is 0 Å². The van der Waals surface area contributed by atoms with Gasteiger partial charge in [0.2, 0.25) is 5.91 Å². The molecule has 0 spiro atoms. The first kappa shape index (κ1) is 51.3. The van der Waals surface area contributed by atoms with Gasteiger partial charge in [0.25, 0.3) is 0 Å². The molecule has 0 bridgehead atoms. The molecule has 55 heavy (non-hydrogen) atoms. The van der Waals surface area contributed by atoms with Crippen molar-refractivity contribution in [1.82, 2.24) is 5.32 Å². The summed E-state index contributed by atoms with van der Waals surface area (Å²) < 4.78 is 5.92. The molecule has 0 radical (unpaired) electrons. The van der Waals surface area contributed by atoms with Gasteiger partial charge in [-0.05, 0) is 96.0 Å². The molecule has 2 N–H and O–H groups in total. The zero-order valence-corrected chi connectivity index (χ0v) is 35.0. The summed E-state index contributed by atoms with van der Waals surface area (Å²) in [6.07, 6.45) is 61.2. The summed E-state index contributed by atoms with van der Waals surface area (Å²) in [4.78, 5) is 34.9. The summed E-state index contributed by atoms with van der Waals surface area (Å²) in [6.45, 7) is 4.09. The number of allylic oxidation sites excluding steroid dienone is 15. The van der Waals surface area contributed by atoms with Crippen LogP contribution in [0, 0.1) is 0 Å². The van der Waals surface area contributed by atoms with Crippen molar-refractivity contribution in [1.29, 1.82) is 0 Å². The second kappa shape index (κ2) is 43.1. The summed E-state index contributed by atoms with van der Waals surface area (Å²) >= 11 is 0. The topological polar surface area (TPSA) is 92.7 Å². The Morgan fingerprint density at radius 3 is 1.49 bits per heavy atom. The van der Waals surface area contributed by atoms with Crippen molar-refractivity contribution in [2.24, 2.45) is 0 Å². The maximum Gasteiger partial charge on any atom is 0.322 e. The Morgan fingerprint density at radius 2 is 0.964 bits per heavy atom. The average molecular weight is 762 g/mol. The van der Waals surface area contributed by atoms with E-state index in [0.29, 0.717) is 12.8 Å². The summed E-state index contributed by atoms with van der Waals surface area (Å²) in [5.41, 5.74) is 0. The van der Waals surface area contributed by atoms with E-state index in [4.69, 9.17) is 9.84 Å². The van der Waals surface area contributed by atoms with Gasteiger partial charge in [-0.1, -0.05) is 169 Å². The number of ether oxygens (including phenoxy) is 1. The van der Waals surface area contributed by atoms with Gasteiger partial charge < -0.3 is 15.2 Å². The van der Waals surface area contributed by atoms with E-state index in [9.17, 15) is 14.4 Å². The number of carboxylic acid groups (broad SMARTS) is 1. The number of rotatable bonds is 38. The maximum absolute atomic E-state index is 12.7. The van der Waals surface area contributed by atoms with Gasteiger partial charge in [-0.15, -0.1) is 0 Å². The molecule has 1 atom stereocenters. The van der Waals surface area contributed by atoms with Gasteiger partial charge in [-0.3, -0.25) is 14.4 Å². The molecule has 0 aromatic rings. The summed E-state index contributed by atoms with van der Waals surface area (Å²) in [5.74, 6) is -1.34. The van der Waals surface area contributed by atoms with E-state index in [1.165, 1.54) is 44.9 Å². The molecule has 1 unspecified atom stereocenters. The van der Waals surface area contributed by atoms with Crippen LogP contribution in [0.5, 0.6) is 0 Å². The minimum atomic E-state index is -1.02. The Balaban J connectivity index is 4.25. The third-order valence-corrected chi connectivity index (χ3v) is 8.97. The molecule has 6 nitrogen and oxygen atoms in total. The van der Waals surface area contributed by atoms with Crippen LogP contribution in [0.1, 0.15) is 181 Å². The molecule has 6 heteroatoms. The van der Waals surface area contributed by atoms with Crippen LogP contribution in [-0.4, -0.2) is 35.6 Å². The van der Waals surface area contributed by atoms with E-state index < -0.39 is 5.97 Å². The van der Waals surface area contributed by atoms with Gasteiger partial charge in [0.1, 0.15) is 12.6 Å². The molecular formula is C49H79NO5. The SMILES string of the molecule is CC/C=C\C/C=C\C/C=C\C/C=C\C/C=C\C/C=C\C/C=C\CCCC(=O)OC(/C=C\CCCCCCCCC)CCCCCCCCC(=O)NCC(=O)O. The number of unbranched alkanes of at least 4 members (excludes halogenated alkanes) is 13. The molecule has 0 rings (SSSR count). The molecule has 0 saturated carbocycles. The van der Waals surface area contributed by atoms with Crippen molar-refractivity contribution in [3.63, 3.8) is 0 Å². The Morgan fingerprint density at radius 1 is 0.509 bits per heavy atom. The van der Waals surface area contributed by atoms with Gasteiger partial charge in [0.15, 0.2) is 0 Å². The normalized spacial score (nSPS) is 13.1. The highest BCUT2D eigenvalue weighted by Gasteiger charge is 2.11. The van der Waals surface area contributed by atoms with Crippen LogP contribution in [0.25, 0.3) is 0 Å². The highest BCUT2D eigenvalue weighted by molar-refractivity contribution is 5.80. The van der Waals surface area contributed by atoms with Crippen LogP contribution in [0.4, 0.5) is 0 Å². The lowest BCUT2D eigenvalue weighted by Gasteiger charge is -2.14. The van der Waals surface area contributed by atoms with Crippen LogP contribution in [0.2, 0.25) is 0 Å². The zero-order chi connectivity index (χ0) is 40.1. The molecule has 0 saturated heterocycles. The van der Waals surface area contributed by atoms with Gasteiger partial charge in [-0.2, -0.15) is 0 Å². The lowest BCUT2D eigenvalue weighted by atomic mass is 10.0. The van der Waals surface area contributed by atoms with Crippen LogP contribution in [0.3, 0.4) is 0 Å². The molecule has 0 aliphatic rings. The van der Waals surface area contributed by atoms with Gasteiger partial charge in [0, 0.05) is 12.8 Å². The van der Waals surface area contributed by atoms with Crippen LogP contribution in [0.15, 0.2) is 97.2 Å². The largest absolute Gasteiger partial charge is 0.480 e. The third kappa shape index (κ3) is 42.9. The van der Waals surface area contributed by atoms with Crippen LogP contribution >= 0.6 is 0 Å². The molecule has 0 aliphatic carbocycles. The standard InChI is InChI=1S/C49H79NO5/c1-3-5-7-9-11-13-14-15-16-17-18-19-20-21-22-23-24-25-26-28-30-36-40-44-49(54)55-46(41-37-33-29-27-12-10-8-6-4-2)42-38-34-31-32-35-39-43-47(51)50-45-48(52)53/h5,7,11,13,15-16,18-19,21-22,24-25,28,30,37,41,46H,3-4,6,8-10,12,14,17,20,23,26-27,29,31-36,38-40,42-45H2,1-2H3,(H,50,51)(H,52,53)/b7-5-,13-11-,16-15-,19-18-,22-21-,25-24-,30-28-,41-37-. The average Bonchev–Trinajstić information content (AvgIpc) is 3.17. The second-order valence-electron chi connectivity index (χ2n) is 14.2. The molecule has 0 heterocycles. The third-order valence-electron chi connectivity index (χ3n) is 8.97. The van der Waals surface area contributed by atoms with Gasteiger partial charge >= 0.3 is 11.9 Å². The maximum atomic E-state index is 12.7. The fourth-order valence-electron chi connectivity index (χ4n) is 5.77. The van der Waals surface area contributed by atoms with E-state index in [2.05, 4.69) is 116 Å². The van der Waals surface area contributed by atoms with Crippen molar-refractivity contribution in [3.05, 3.63) is 97.2 Å². The highest BCUT2D eigenvalue weighted by Crippen LogP contribution is 2.15. The van der Waals surface area contributed by atoms with Crippen molar-refractivity contribution >= 4 is 17.8 Å². The van der Waals surface area contributed by atoms with E-state index >= 15 is 0 Å². The summed E-state index contributed by atoms with van der Waals surface area (Å²) in [5, 5.41) is 11.1. The number of amides is 1. The Hall–Kier alpha value is -3.67. The quantitative estimate of drug-likeness (QED) is 0.0371. The highest BCUT2D eigenvalue weighted by atomic mass is 16.5. The predicted octanol–water partition coefficient (Wildman–Crippen LogP) is 13.7.